The van der Waals surface area contributed by atoms with E-state index in [0.29, 0.717) is 11.7 Å². The van der Waals surface area contributed by atoms with Crippen molar-refractivity contribution in [1.29, 1.82) is 0 Å². The Labute approximate surface area is 163 Å². The highest BCUT2D eigenvalue weighted by Gasteiger charge is 2.58. The Kier molecular flexibility index (Phi) is 5.60. The Balaban J connectivity index is 0.000000307. The van der Waals surface area contributed by atoms with Crippen molar-refractivity contribution < 1.29 is 19.8 Å². The first kappa shape index (κ1) is 20.6. The van der Waals surface area contributed by atoms with Crippen LogP contribution in [0.1, 0.15) is 79.1 Å². The molecule has 0 aromatic heterocycles. The molecule has 3 saturated carbocycles. The summed E-state index contributed by atoms with van der Waals surface area (Å²) in [5.41, 5.74) is 1.89. The molecule has 4 rings (SSSR count). The number of aliphatic carboxylic acids is 1. The summed E-state index contributed by atoms with van der Waals surface area (Å²) < 4.78 is 0. The molecule has 2 N–H and O–H groups in total. The van der Waals surface area contributed by atoms with Gasteiger partial charge in [-0.3, -0.25) is 9.59 Å². The molecule has 6 atom stereocenters. The summed E-state index contributed by atoms with van der Waals surface area (Å²) >= 11 is 0. The first-order valence-corrected chi connectivity index (χ1v) is 10.7. The van der Waals surface area contributed by atoms with Crippen molar-refractivity contribution in [3.63, 3.8) is 0 Å². The summed E-state index contributed by atoms with van der Waals surface area (Å²) in [6, 6.07) is 0. The van der Waals surface area contributed by atoms with Gasteiger partial charge in [-0.15, -0.1) is 0 Å². The third-order valence-electron chi connectivity index (χ3n) is 8.41. The van der Waals surface area contributed by atoms with Gasteiger partial charge in [0.25, 0.3) is 0 Å². The average Bonchev–Trinajstić information content (AvgIpc) is 2.91. The number of carbonyl (C=O) groups excluding carboxylic acids is 1. The molecule has 4 nitrogen and oxygen atoms in total. The van der Waals surface area contributed by atoms with Crippen LogP contribution in [0, 0.1) is 34.5 Å². The van der Waals surface area contributed by atoms with E-state index >= 15 is 0 Å². The highest BCUT2D eigenvalue weighted by Crippen LogP contribution is 2.65. The molecule has 0 bridgehead atoms. The van der Waals surface area contributed by atoms with Crippen molar-refractivity contribution in [3.8, 4) is 0 Å². The van der Waals surface area contributed by atoms with Gasteiger partial charge >= 0.3 is 5.97 Å². The van der Waals surface area contributed by atoms with Crippen molar-refractivity contribution in [2.75, 3.05) is 0 Å². The maximum Gasteiger partial charge on any atom is 0.305 e. The quantitative estimate of drug-likeness (QED) is 0.701. The lowest BCUT2D eigenvalue weighted by atomic mass is 9.47. The van der Waals surface area contributed by atoms with Crippen LogP contribution in [-0.2, 0) is 9.59 Å². The third-order valence-corrected chi connectivity index (χ3v) is 8.41. The fraction of sp³-hybridized carbons (Fsp3) is 0.826. The number of aliphatic hydroxyl groups is 1. The number of fused-ring (bicyclic) bond motifs is 5. The van der Waals surface area contributed by atoms with Crippen molar-refractivity contribution >= 4 is 11.8 Å². The van der Waals surface area contributed by atoms with E-state index < -0.39 is 5.97 Å². The summed E-state index contributed by atoms with van der Waals surface area (Å²) in [6.45, 7) is 8.05. The van der Waals surface area contributed by atoms with E-state index in [-0.39, 0.29) is 22.9 Å². The van der Waals surface area contributed by atoms with E-state index in [0.717, 1.165) is 37.5 Å². The number of aliphatic hydroxyl groups excluding tert-OH is 1. The molecule has 152 valence electrons. The molecule has 0 heterocycles. The fourth-order valence-corrected chi connectivity index (χ4v) is 6.53. The third kappa shape index (κ3) is 3.50. The van der Waals surface area contributed by atoms with Crippen molar-refractivity contribution in [1.82, 2.24) is 0 Å². The zero-order chi connectivity index (χ0) is 20.0. The highest BCUT2D eigenvalue weighted by molar-refractivity contribution is 5.91. The SMILES string of the molecule is CC(C)C(=O)O.C[C@]12CC[C@H]3[C@@H](CCC4=CC(=O)CC[C@@]43C)[C@@H]1CC[C@@H]2O. The smallest absolute Gasteiger partial charge is 0.305 e. The largest absolute Gasteiger partial charge is 0.481 e. The number of carboxylic acids is 1. The monoisotopic (exact) mass is 376 g/mol. The van der Waals surface area contributed by atoms with Gasteiger partial charge in [0.1, 0.15) is 0 Å². The van der Waals surface area contributed by atoms with Gasteiger partial charge in [-0.2, -0.15) is 0 Å². The second-order valence-corrected chi connectivity index (χ2v) is 10.1. The predicted molar refractivity (Wildman–Crippen MR) is 105 cm³/mol. The normalized spacial score (nSPS) is 43.0. The van der Waals surface area contributed by atoms with E-state index in [2.05, 4.69) is 13.8 Å². The van der Waals surface area contributed by atoms with Crippen LogP contribution in [0.4, 0.5) is 0 Å². The van der Waals surface area contributed by atoms with Crippen LogP contribution in [0.5, 0.6) is 0 Å². The van der Waals surface area contributed by atoms with Gasteiger partial charge in [-0.25, -0.2) is 0 Å². The summed E-state index contributed by atoms with van der Waals surface area (Å²) in [5.74, 6) is 1.60. The summed E-state index contributed by atoms with van der Waals surface area (Å²) in [4.78, 5) is 21.5. The van der Waals surface area contributed by atoms with Crippen molar-refractivity contribution in [2.24, 2.45) is 34.5 Å². The second kappa shape index (κ2) is 7.35. The lowest BCUT2D eigenvalue weighted by Crippen LogP contribution is -2.51. The summed E-state index contributed by atoms with van der Waals surface area (Å²) in [5, 5.41) is 18.4. The minimum absolute atomic E-state index is 0.0823. The lowest BCUT2D eigenvalue weighted by Gasteiger charge is -2.57. The molecular formula is C23H36O4. The number of allylic oxidation sites excluding steroid dienone is 1. The van der Waals surface area contributed by atoms with Crippen LogP contribution in [0.25, 0.3) is 0 Å². The minimum Gasteiger partial charge on any atom is -0.481 e. The second-order valence-electron chi connectivity index (χ2n) is 10.1. The molecule has 4 aliphatic rings. The minimum atomic E-state index is -0.741. The van der Waals surface area contributed by atoms with Gasteiger partial charge < -0.3 is 10.2 Å². The first-order valence-electron chi connectivity index (χ1n) is 10.7. The first-order chi connectivity index (χ1) is 12.6. The molecule has 0 aromatic rings. The molecule has 0 aliphatic heterocycles. The molecule has 0 spiro atoms. The number of rotatable bonds is 1. The van der Waals surface area contributed by atoms with E-state index in [1.165, 1.54) is 31.3 Å². The maximum absolute atomic E-state index is 11.8. The number of hydrogen-bond acceptors (Lipinski definition) is 3. The van der Waals surface area contributed by atoms with Crippen LogP contribution in [0.3, 0.4) is 0 Å². The molecular weight excluding hydrogens is 340 g/mol. The van der Waals surface area contributed by atoms with Crippen LogP contribution in [0.2, 0.25) is 0 Å². The van der Waals surface area contributed by atoms with Crippen LogP contribution < -0.4 is 0 Å². The van der Waals surface area contributed by atoms with Gasteiger partial charge in [-0.1, -0.05) is 33.3 Å². The number of ketones is 1. The van der Waals surface area contributed by atoms with Gasteiger partial charge in [0.05, 0.1) is 12.0 Å². The predicted octanol–water partition coefficient (Wildman–Crippen LogP) is 4.61. The van der Waals surface area contributed by atoms with Gasteiger partial charge in [0.2, 0.25) is 0 Å². The molecule has 0 radical (unpaired) electrons. The molecule has 0 unspecified atom stereocenters. The zero-order valence-electron chi connectivity index (χ0n) is 17.3. The fourth-order valence-electron chi connectivity index (χ4n) is 6.53. The molecule has 4 aliphatic carbocycles. The molecule has 0 amide bonds. The summed E-state index contributed by atoms with van der Waals surface area (Å²) in [6.07, 6.45) is 10.7. The van der Waals surface area contributed by atoms with Gasteiger partial charge in [-0.05, 0) is 79.6 Å². The Hall–Kier alpha value is -1.16. The Bertz CT molecular complexity index is 636. The molecule has 0 aromatic carbocycles. The standard InChI is InChI=1S/C19H28O2.C4H8O2/c1-18-9-7-13(20)11-12(18)3-4-14-15-5-6-17(21)19(15,2)10-8-16(14)18;1-3(2)4(5)6/h11,14-17,21H,3-10H2,1-2H3;3H,1-2H3,(H,5,6)/t14-,15-,16-,17-,18-,19-;/m0./s1. The number of carboxylic acid groups (broad SMARTS) is 1. The Morgan fingerprint density at radius 1 is 1.07 bits per heavy atom. The maximum atomic E-state index is 11.8. The molecule has 0 saturated heterocycles. The van der Waals surface area contributed by atoms with Crippen molar-refractivity contribution in [2.45, 2.75) is 85.2 Å². The van der Waals surface area contributed by atoms with Gasteiger partial charge in [0.15, 0.2) is 5.78 Å². The zero-order valence-corrected chi connectivity index (χ0v) is 17.3. The van der Waals surface area contributed by atoms with E-state index in [9.17, 15) is 14.7 Å². The Morgan fingerprint density at radius 2 is 1.74 bits per heavy atom. The number of hydrogen-bond donors (Lipinski definition) is 2. The number of carbonyl (C=O) groups is 2. The van der Waals surface area contributed by atoms with E-state index in [1.807, 2.05) is 6.08 Å². The van der Waals surface area contributed by atoms with Gasteiger partial charge in [0, 0.05) is 6.42 Å². The van der Waals surface area contributed by atoms with Crippen LogP contribution in [-0.4, -0.2) is 28.1 Å². The Morgan fingerprint density at radius 3 is 2.37 bits per heavy atom. The van der Waals surface area contributed by atoms with E-state index in [1.54, 1.807) is 13.8 Å². The molecule has 4 heteroatoms. The van der Waals surface area contributed by atoms with E-state index in [4.69, 9.17) is 5.11 Å². The molecule has 3 fully saturated rings. The average molecular weight is 377 g/mol. The van der Waals surface area contributed by atoms with Crippen LogP contribution >= 0.6 is 0 Å². The van der Waals surface area contributed by atoms with Crippen LogP contribution in [0.15, 0.2) is 11.6 Å². The highest BCUT2D eigenvalue weighted by atomic mass is 16.4. The topological polar surface area (TPSA) is 74.6 Å². The van der Waals surface area contributed by atoms with Crippen molar-refractivity contribution in [3.05, 3.63) is 11.6 Å². The molecule has 27 heavy (non-hydrogen) atoms. The summed E-state index contributed by atoms with van der Waals surface area (Å²) in [7, 11) is 0. The lowest BCUT2D eigenvalue weighted by molar-refractivity contribution is -0.140.